The van der Waals surface area contributed by atoms with Gasteiger partial charge in [0, 0.05) is 44.6 Å². The van der Waals surface area contributed by atoms with Crippen molar-refractivity contribution >= 4 is 94.3 Å². The van der Waals surface area contributed by atoms with Crippen LogP contribution in [0, 0.1) is 0 Å². The van der Waals surface area contributed by atoms with Crippen molar-refractivity contribution in [2.75, 3.05) is 69.8 Å². The molecular formula is C58H88N16O26. The van der Waals surface area contributed by atoms with Gasteiger partial charge in [-0.15, -0.1) is 0 Å². The molecule has 13 atom stereocenters. The molecule has 0 saturated carbocycles. The van der Waals surface area contributed by atoms with Crippen LogP contribution in [0.1, 0.15) is 91.0 Å². The van der Waals surface area contributed by atoms with Crippen molar-refractivity contribution in [1.82, 2.24) is 67.9 Å². The van der Waals surface area contributed by atoms with Crippen LogP contribution in [0.2, 0.25) is 0 Å². The van der Waals surface area contributed by atoms with Crippen LogP contribution in [0.5, 0.6) is 5.75 Å². The van der Waals surface area contributed by atoms with Gasteiger partial charge >= 0.3 is 5.97 Å². The Hall–Kier alpha value is -9.79. The fourth-order valence-electron chi connectivity index (χ4n) is 10.2. The number of hydrogen-bond acceptors (Lipinski definition) is 27. The standard InChI is InChI=1S/C58H88N16O26/c1-26(80)45(56(96)69-37(24-78)52(92)64-32-10-7-17-73(100)58(32)98)70-49(89)31(9-6-16-72(99)28(3)82)63-51(91)36(23-77)68-57(97)46(27(2)81)71-54(94)38(25-79)66-53(93)34(21-75)65-48(88)30(8-4-5-14-59)62-50(90)35(22-76)67-55(95)39-13-15-60-47-33(61-43(85)11-12-44(86)87)18-29-19-41(83)42(84)20-40(29)74(39)47/h18-20,26-27,30-32,34-39,45-46,60,75-81,83,99-100H,4-17,21-25,59H2,1-3H3,(H,61,85)(H,62,90)(H,63,91)(H,64,92)(H,65,88)(H,66,93)(H,67,95)(H,68,97)(H,69,96)(H,70,89)(H,71,94)(H,86,87). The second-order valence-corrected chi connectivity index (χ2v) is 23.4. The third-order valence-corrected chi connectivity index (χ3v) is 15.7. The van der Waals surface area contributed by atoms with Gasteiger partial charge in [0.05, 0.1) is 63.0 Å². The maximum absolute atomic E-state index is 14.2. The molecule has 1 fully saturated rings. The second kappa shape index (κ2) is 39.7. The first-order valence-electron chi connectivity index (χ1n) is 31.6. The molecule has 3 aliphatic heterocycles. The zero-order valence-electron chi connectivity index (χ0n) is 54.6. The van der Waals surface area contributed by atoms with Crippen molar-refractivity contribution in [2.45, 2.75) is 164 Å². The summed E-state index contributed by atoms with van der Waals surface area (Å²) in [6.07, 6.45) is -4.94. The molecule has 3 heterocycles. The number of pyridine rings is 1. The summed E-state index contributed by atoms with van der Waals surface area (Å²) in [7, 11) is 0. The van der Waals surface area contributed by atoms with Gasteiger partial charge in [-0.2, -0.15) is 0 Å². The number of carbonyl (C=O) groups excluding carboxylic acids is 13. The summed E-state index contributed by atoms with van der Waals surface area (Å²) in [4.78, 5) is 198. The Kier molecular flexibility index (Phi) is 32.8. The lowest BCUT2D eigenvalue weighted by Crippen LogP contribution is -2.63. The quantitative estimate of drug-likeness (QED) is 0.0168. The second-order valence-electron chi connectivity index (χ2n) is 23.4. The van der Waals surface area contributed by atoms with Crippen LogP contribution < -0.4 is 75.0 Å². The maximum Gasteiger partial charge on any atom is 0.303 e. The van der Waals surface area contributed by atoms with Gasteiger partial charge in [-0.05, 0) is 83.9 Å². The number of nitrogens with two attached hydrogens (primary N) is 1. The van der Waals surface area contributed by atoms with Crippen LogP contribution in [0.4, 0.5) is 11.5 Å². The Morgan fingerprint density at radius 3 is 1.56 bits per heavy atom. The zero-order valence-corrected chi connectivity index (χ0v) is 54.6. The number of phenolic OH excluding ortho intramolecular Hbond substituents is 1. The number of aliphatic carboxylic acids is 1. The highest BCUT2D eigenvalue weighted by atomic mass is 16.5. The number of nitrogens with zero attached hydrogens (tertiary/aromatic N) is 3. The summed E-state index contributed by atoms with van der Waals surface area (Å²) >= 11 is 0. The van der Waals surface area contributed by atoms with Crippen LogP contribution in [-0.2, 0) is 67.1 Å². The predicted octanol–water partition coefficient (Wildman–Crippen LogP) is -10.5. The van der Waals surface area contributed by atoms with Gasteiger partial charge in [0.15, 0.2) is 5.75 Å². The number of aliphatic hydroxyl groups is 7. The Bertz CT molecular complexity index is 3300. The fourth-order valence-corrected chi connectivity index (χ4v) is 10.2. The van der Waals surface area contributed by atoms with Crippen molar-refractivity contribution in [2.24, 2.45) is 5.73 Å². The summed E-state index contributed by atoms with van der Waals surface area (Å²) < 4.78 is 1.29. The van der Waals surface area contributed by atoms with Crippen LogP contribution in [0.3, 0.4) is 0 Å². The number of carboxylic acids is 1. The number of hydrogen-bond donors (Lipinski definition) is 24. The number of aromatic nitrogens is 1. The number of phenols is 1. The monoisotopic (exact) mass is 1420 g/mol. The number of anilines is 2. The Morgan fingerprint density at radius 2 is 1.07 bits per heavy atom. The van der Waals surface area contributed by atoms with E-state index in [9.17, 15) is 123 Å². The number of aliphatic hydroxyl groups excluding tert-OH is 7. The molecule has 100 heavy (non-hydrogen) atoms. The van der Waals surface area contributed by atoms with Crippen molar-refractivity contribution in [3.8, 4) is 17.0 Å². The largest absolute Gasteiger partial charge is 0.504 e. The maximum atomic E-state index is 14.2. The molecule has 0 bridgehead atoms. The average molecular weight is 1430 g/mol. The van der Waals surface area contributed by atoms with Gasteiger partial charge in [-0.1, -0.05) is 0 Å². The molecule has 13 amide bonds. The van der Waals surface area contributed by atoms with Crippen molar-refractivity contribution in [3.63, 3.8) is 0 Å². The summed E-state index contributed by atoms with van der Waals surface area (Å²) in [6, 6.07) is -16.4. The van der Waals surface area contributed by atoms with Gasteiger partial charge < -0.3 is 120 Å². The number of nitrogens with one attached hydrogen (secondary N) is 12. The highest BCUT2D eigenvalue weighted by Crippen LogP contribution is 2.40. The van der Waals surface area contributed by atoms with E-state index in [1.807, 2.05) is 16.0 Å². The number of rotatable bonds is 39. The first kappa shape index (κ1) is 82.6. The molecule has 0 aromatic carbocycles. The number of hydroxylamine groups is 4. The van der Waals surface area contributed by atoms with Gasteiger partial charge in [0.25, 0.3) is 5.91 Å². The van der Waals surface area contributed by atoms with E-state index in [0.717, 1.165) is 32.9 Å². The highest BCUT2D eigenvalue weighted by Gasteiger charge is 2.40. The average Bonchev–Trinajstić information content (AvgIpc) is 0.749. The molecule has 4 aliphatic rings. The number of benzene rings is 1. The molecule has 42 heteroatoms. The number of carboxylic acid groups (broad SMARTS) is 1. The Labute approximate surface area is 568 Å². The van der Waals surface area contributed by atoms with Crippen LogP contribution in [-0.4, -0.2) is 286 Å². The molecule has 0 radical (unpaired) electrons. The fraction of sp³-hybridized carbons (Fsp3) is 0.603. The van der Waals surface area contributed by atoms with E-state index in [2.05, 4.69) is 47.9 Å². The summed E-state index contributed by atoms with van der Waals surface area (Å²) in [5.74, 6) is -16.9. The zero-order chi connectivity index (χ0) is 74.8. The number of aromatic hydroxyl groups is 1. The lowest BCUT2D eigenvalue weighted by molar-refractivity contribution is -0.173. The lowest BCUT2D eigenvalue weighted by atomic mass is 10.0. The SMILES string of the molecule is CC(=O)N(O)CCCC(NC(=O)C(CO)NC(=O)C(NC(=O)C(CO)NC(=O)C(CO)NC(=O)C(CCCCN)NC(=O)C(CO)NC(=O)C1CCNc2c(NC(=O)CCC(=O)O)cc3cc(O)c(=O)cc-3n21)C(C)O)C(=O)NC(C(=O)NC(CO)C(=O)NC1CCCN(O)C1=O)C(C)O. The first-order valence-corrected chi connectivity index (χ1v) is 31.6. The predicted molar refractivity (Wildman–Crippen MR) is 339 cm³/mol. The number of piperidine rings is 1. The van der Waals surface area contributed by atoms with E-state index in [-0.39, 0.29) is 92.4 Å². The third-order valence-electron chi connectivity index (χ3n) is 15.7. The number of amides is 13. The summed E-state index contributed by atoms with van der Waals surface area (Å²) in [5, 5.41) is 140. The first-order chi connectivity index (χ1) is 47.2. The minimum Gasteiger partial charge on any atom is -0.504 e. The molecule has 25 N–H and O–H groups in total. The number of carbonyl (C=O) groups is 14. The minimum atomic E-state index is -2.11. The molecule has 0 spiro atoms. The van der Waals surface area contributed by atoms with Crippen molar-refractivity contribution in [3.05, 3.63) is 28.4 Å². The highest BCUT2D eigenvalue weighted by molar-refractivity contribution is 6.01. The van der Waals surface area contributed by atoms with Crippen molar-refractivity contribution in [1.29, 1.82) is 0 Å². The number of fused-ring (bicyclic) bond motifs is 3. The molecule has 1 aliphatic carbocycles. The summed E-state index contributed by atoms with van der Waals surface area (Å²) in [5.41, 5.74) is 5.00. The molecule has 42 nitrogen and oxygen atoms in total. The Balaban J connectivity index is 1.46. The van der Waals surface area contributed by atoms with E-state index in [4.69, 9.17) is 10.8 Å². The van der Waals surface area contributed by atoms with E-state index in [1.54, 1.807) is 0 Å². The van der Waals surface area contributed by atoms with Crippen LogP contribution in [0.25, 0.3) is 11.3 Å². The topological polar surface area (TPSA) is 660 Å². The van der Waals surface area contributed by atoms with E-state index in [1.165, 1.54) is 10.6 Å². The van der Waals surface area contributed by atoms with Gasteiger partial charge in [0.1, 0.15) is 72.3 Å². The molecule has 1 saturated heterocycles. The van der Waals surface area contributed by atoms with Gasteiger partial charge in [-0.25, -0.2) is 10.1 Å². The van der Waals surface area contributed by atoms with Crippen LogP contribution >= 0.6 is 0 Å². The lowest BCUT2D eigenvalue weighted by Gasteiger charge is -2.34. The minimum absolute atomic E-state index is 0.00941. The third kappa shape index (κ3) is 23.7. The van der Waals surface area contributed by atoms with E-state index >= 15 is 0 Å². The molecule has 0 aromatic heterocycles. The van der Waals surface area contributed by atoms with E-state index in [0.29, 0.717) is 5.06 Å². The van der Waals surface area contributed by atoms with Crippen LogP contribution in [0.15, 0.2) is 23.0 Å². The normalized spacial score (nSPS) is 17.5. The molecule has 556 valence electrons. The molecule has 0 aromatic rings. The van der Waals surface area contributed by atoms with Crippen molar-refractivity contribution < 1.29 is 123 Å². The number of unbranched alkanes of at least 4 members (excludes halogenated alkanes) is 1. The molecule has 4 rings (SSSR count). The van der Waals surface area contributed by atoms with E-state index < -0.39 is 231 Å². The van der Waals surface area contributed by atoms with Gasteiger partial charge in [0.2, 0.25) is 76.3 Å². The molecule has 13 unspecified atom stereocenters. The molecular weight excluding hydrogens is 1340 g/mol. The Morgan fingerprint density at radius 1 is 0.610 bits per heavy atom. The van der Waals surface area contributed by atoms with Gasteiger partial charge in [-0.3, -0.25) is 82.3 Å². The summed E-state index contributed by atoms with van der Waals surface area (Å²) in [6.45, 7) is -3.29. The smallest absolute Gasteiger partial charge is 0.303 e.